The first-order valence-electron chi connectivity index (χ1n) is 5.41. The SMILES string of the molecule is N#CCC/C(=N\O)C(O)c1ccc2c(c1)OCO2. The summed E-state index contributed by atoms with van der Waals surface area (Å²) >= 11 is 0. The number of aliphatic hydroxyl groups excluding tert-OH is 1. The lowest BCUT2D eigenvalue weighted by atomic mass is 10.0. The number of hydrogen-bond donors (Lipinski definition) is 2. The van der Waals surface area contributed by atoms with Crippen LogP contribution in [0.2, 0.25) is 0 Å². The lowest BCUT2D eigenvalue weighted by Gasteiger charge is -2.12. The van der Waals surface area contributed by atoms with E-state index in [1.54, 1.807) is 18.2 Å². The summed E-state index contributed by atoms with van der Waals surface area (Å²) in [5.41, 5.74) is 0.681. The van der Waals surface area contributed by atoms with Gasteiger partial charge < -0.3 is 19.8 Å². The third kappa shape index (κ3) is 2.36. The van der Waals surface area contributed by atoms with Gasteiger partial charge in [-0.15, -0.1) is 0 Å². The summed E-state index contributed by atoms with van der Waals surface area (Å²) in [6, 6.07) is 6.91. The molecule has 1 aromatic rings. The number of rotatable bonds is 4. The van der Waals surface area contributed by atoms with Gasteiger partial charge in [0.1, 0.15) is 6.10 Å². The Morgan fingerprint density at radius 1 is 1.44 bits per heavy atom. The second-order valence-corrected chi connectivity index (χ2v) is 3.76. The lowest BCUT2D eigenvalue weighted by molar-refractivity contribution is 0.173. The molecule has 94 valence electrons. The minimum atomic E-state index is -1.06. The van der Waals surface area contributed by atoms with E-state index < -0.39 is 6.10 Å². The highest BCUT2D eigenvalue weighted by molar-refractivity contribution is 5.89. The van der Waals surface area contributed by atoms with Crippen LogP contribution in [0.5, 0.6) is 11.5 Å². The number of nitrogens with zero attached hydrogens (tertiary/aromatic N) is 2. The Bertz CT molecular complexity index is 507. The monoisotopic (exact) mass is 248 g/mol. The van der Waals surface area contributed by atoms with Gasteiger partial charge in [0.25, 0.3) is 0 Å². The van der Waals surface area contributed by atoms with Gasteiger partial charge in [-0.2, -0.15) is 5.26 Å². The van der Waals surface area contributed by atoms with Gasteiger partial charge in [-0.05, 0) is 17.7 Å². The van der Waals surface area contributed by atoms with Gasteiger partial charge in [0, 0.05) is 12.8 Å². The molecule has 6 heteroatoms. The van der Waals surface area contributed by atoms with Crippen LogP contribution in [0.1, 0.15) is 24.5 Å². The number of fused-ring (bicyclic) bond motifs is 1. The highest BCUT2D eigenvalue weighted by Crippen LogP contribution is 2.34. The third-order valence-corrected chi connectivity index (χ3v) is 2.65. The number of hydrogen-bond acceptors (Lipinski definition) is 6. The normalized spacial score (nSPS) is 15.2. The first-order chi connectivity index (χ1) is 8.76. The van der Waals surface area contributed by atoms with E-state index in [9.17, 15) is 5.11 Å². The molecule has 2 rings (SSSR count). The van der Waals surface area contributed by atoms with Crippen LogP contribution in [0, 0.1) is 11.3 Å². The van der Waals surface area contributed by atoms with Gasteiger partial charge in [0.05, 0.1) is 11.8 Å². The minimum Gasteiger partial charge on any atom is -0.454 e. The summed E-state index contributed by atoms with van der Waals surface area (Å²) in [5.74, 6) is 1.16. The number of benzene rings is 1. The minimum absolute atomic E-state index is 0.149. The molecule has 0 aromatic heterocycles. The summed E-state index contributed by atoms with van der Waals surface area (Å²) in [7, 11) is 0. The first-order valence-corrected chi connectivity index (χ1v) is 5.41. The third-order valence-electron chi connectivity index (χ3n) is 2.65. The summed E-state index contributed by atoms with van der Waals surface area (Å²) in [6.45, 7) is 0.157. The number of ether oxygens (including phenoxy) is 2. The van der Waals surface area contributed by atoms with E-state index in [4.69, 9.17) is 19.9 Å². The Morgan fingerprint density at radius 2 is 2.22 bits per heavy atom. The molecule has 0 saturated carbocycles. The van der Waals surface area contributed by atoms with Crippen molar-refractivity contribution in [2.24, 2.45) is 5.16 Å². The molecule has 0 aliphatic carbocycles. The number of nitriles is 1. The topological polar surface area (TPSA) is 95.1 Å². The molecule has 1 aromatic carbocycles. The van der Waals surface area contributed by atoms with Crippen LogP contribution in [0.25, 0.3) is 0 Å². The van der Waals surface area contributed by atoms with Crippen LogP contribution in [-0.2, 0) is 0 Å². The van der Waals surface area contributed by atoms with Gasteiger partial charge in [0.2, 0.25) is 6.79 Å². The van der Waals surface area contributed by atoms with E-state index in [0.717, 1.165) is 0 Å². The molecule has 0 fully saturated rings. The molecule has 1 aliphatic rings. The molecular weight excluding hydrogens is 236 g/mol. The van der Waals surface area contributed by atoms with Crippen molar-refractivity contribution in [1.82, 2.24) is 0 Å². The first kappa shape index (κ1) is 12.2. The average molecular weight is 248 g/mol. The number of oxime groups is 1. The van der Waals surface area contributed by atoms with Crippen LogP contribution in [-0.4, -0.2) is 22.8 Å². The van der Waals surface area contributed by atoms with Gasteiger partial charge in [-0.1, -0.05) is 11.2 Å². The van der Waals surface area contributed by atoms with Gasteiger partial charge >= 0.3 is 0 Å². The lowest BCUT2D eigenvalue weighted by Crippen LogP contribution is -2.12. The molecule has 1 atom stereocenters. The maximum atomic E-state index is 10.0. The fourth-order valence-electron chi connectivity index (χ4n) is 1.70. The average Bonchev–Trinajstić information content (AvgIpc) is 2.86. The standard InChI is InChI=1S/C12H12N2O4/c13-5-1-2-9(14-16)12(15)8-3-4-10-11(6-8)18-7-17-10/h3-4,6,12,15-16H,1-2,7H2/b14-9+. The van der Waals surface area contributed by atoms with Gasteiger partial charge in [0.15, 0.2) is 11.5 Å². The zero-order valence-electron chi connectivity index (χ0n) is 9.54. The molecule has 0 saturated heterocycles. The maximum absolute atomic E-state index is 10.0. The summed E-state index contributed by atoms with van der Waals surface area (Å²) in [6.07, 6.45) is -0.665. The molecule has 0 spiro atoms. The number of aliphatic hydroxyl groups is 1. The van der Waals surface area contributed by atoms with Crippen LogP contribution in [0.4, 0.5) is 0 Å². The molecule has 1 aliphatic heterocycles. The van der Waals surface area contributed by atoms with Crippen molar-refractivity contribution < 1.29 is 19.8 Å². The van der Waals surface area contributed by atoms with Crippen LogP contribution < -0.4 is 9.47 Å². The second-order valence-electron chi connectivity index (χ2n) is 3.76. The van der Waals surface area contributed by atoms with Crippen molar-refractivity contribution in [3.8, 4) is 17.6 Å². The smallest absolute Gasteiger partial charge is 0.231 e. The van der Waals surface area contributed by atoms with Crippen LogP contribution in [0.15, 0.2) is 23.4 Å². The Morgan fingerprint density at radius 3 is 2.94 bits per heavy atom. The van der Waals surface area contributed by atoms with E-state index in [2.05, 4.69) is 5.16 Å². The summed E-state index contributed by atoms with van der Waals surface area (Å²) in [4.78, 5) is 0. The predicted octanol–water partition coefficient (Wildman–Crippen LogP) is 1.58. The fraction of sp³-hybridized carbons (Fsp3) is 0.333. The second kappa shape index (κ2) is 5.38. The molecule has 1 unspecified atom stereocenters. The van der Waals surface area contributed by atoms with E-state index in [1.807, 2.05) is 6.07 Å². The molecular formula is C12H12N2O4. The molecule has 0 amide bonds. The van der Waals surface area contributed by atoms with E-state index >= 15 is 0 Å². The largest absolute Gasteiger partial charge is 0.454 e. The highest BCUT2D eigenvalue weighted by Gasteiger charge is 2.20. The van der Waals surface area contributed by atoms with Crippen molar-refractivity contribution in [1.29, 1.82) is 5.26 Å². The maximum Gasteiger partial charge on any atom is 0.231 e. The van der Waals surface area contributed by atoms with E-state index in [-0.39, 0.29) is 25.3 Å². The van der Waals surface area contributed by atoms with Gasteiger partial charge in [-0.3, -0.25) is 0 Å². The van der Waals surface area contributed by atoms with Crippen LogP contribution >= 0.6 is 0 Å². The predicted molar refractivity (Wildman–Crippen MR) is 61.6 cm³/mol. The molecule has 6 nitrogen and oxygen atoms in total. The molecule has 1 heterocycles. The van der Waals surface area contributed by atoms with Crippen molar-refractivity contribution in [3.05, 3.63) is 23.8 Å². The summed E-state index contributed by atoms with van der Waals surface area (Å²) < 4.78 is 10.4. The van der Waals surface area contributed by atoms with Gasteiger partial charge in [-0.25, -0.2) is 0 Å². The van der Waals surface area contributed by atoms with Crippen molar-refractivity contribution in [2.45, 2.75) is 18.9 Å². The van der Waals surface area contributed by atoms with Crippen molar-refractivity contribution in [3.63, 3.8) is 0 Å². The van der Waals surface area contributed by atoms with E-state index in [0.29, 0.717) is 17.1 Å². The van der Waals surface area contributed by atoms with Crippen LogP contribution in [0.3, 0.4) is 0 Å². The quantitative estimate of drug-likeness (QED) is 0.479. The van der Waals surface area contributed by atoms with Crippen molar-refractivity contribution in [2.75, 3.05) is 6.79 Å². The fourth-order valence-corrected chi connectivity index (χ4v) is 1.70. The Balaban J connectivity index is 2.18. The molecule has 18 heavy (non-hydrogen) atoms. The Kier molecular flexibility index (Phi) is 3.65. The summed E-state index contributed by atoms with van der Waals surface area (Å²) in [5, 5.41) is 30.4. The Labute approximate surface area is 104 Å². The molecule has 0 bridgehead atoms. The van der Waals surface area contributed by atoms with Crippen molar-refractivity contribution >= 4 is 5.71 Å². The molecule has 0 radical (unpaired) electrons. The zero-order valence-corrected chi connectivity index (χ0v) is 9.54. The zero-order chi connectivity index (χ0) is 13.0. The van der Waals surface area contributed by atoms with E-state index in [1.165, 1.54) is 0 Å². The Hall–Kier alpha value is -2.26. The highest BCUT2D eigenvalue weighted by atomic mass is 16.7. The molecule has 2 N–H and O–H groups in total.